The number of aromatic nitrogens is 2. The maximum Gasteiger partial charge on any atom is 0.402 e. The fraction of sp³-hybridized carbons (Fsp3) is 0.438. The highest BCUT2D eigenvalue weighted by Crippen LogP contribution is 2.34. The van der Waals surface area contributed by atoms with Crippen LogP contribution in [0.3, 0.4) is 0 Å². The molecule has 7 nitrogen and oxygen atoms in total. The van der Waals surface area contributed by atoms with E-state index in [1.54, 1.807) is 26.0 Å². The van der Waals surface area contributed by atoms with Crippen molar-refractivity contribution in [2.45, 2.75) is 26.4 Å². The van der Waals surface area contributed by atoms with Gasteiger partial charge in [0.25, 0.3) is 0 Å². The Morgan fingerprint density at radius 2 is 2.07 bits per heavy atom. The summed E-state index contributed by atoms with van der Waals surface area (Å²) in [5, 5.41) is 12.4. The number of sulfone groups is 1. The van der Waals surface area contributed by atoms with Gasteiger partial charge in [-0.05, 0) is 19.9 Å². The van der Waals surface area contributed by atoms with E-state index in [-0.39, 0.29) is 6.54 Å². The summed E-state index contributed by atoms with van der Waals surface area (Å²) in [6.07, 6.45) is -2.77. The molecule has 2 heterocycles. The summed E-state index contributed by atoms with van der Waals surface area (Å²) in [6.45, 7) is 3.51. The Kier molecular flexibility index (Phi) is 6.65. The number of carbonyl (C=O) groups is 1. The van der Waals surface area contributed by atoms with E-state index in [1.165, 1.54) is 17.3 Å². The molecule has 0 atom stereocenters. The molecule has 0 radical (unpaired) electrons. The average molecular weight is 437 g/mol. The van der Waals surface area contributed by atoms with Crippen LogP contribution in [0.4, 0.5) is 18.2 Å². The van der Waals surface area contributed by atoms with Crippen LogP contribution >= 0.6 is 11.3 Å². The van der Waals surface area contributed by atoms with Gasteiger partial charge >= 0.3 is 6.18 Å². The van der Waals surface area contributed by atoms with Crippen LogP contribution in [0.15, 0.2) is 24.5 Å². The first-order valence-corrected chi connectivity index (χ1v) is 10.8. The maximum atomic E-state index is 12.4. The Hall–Kier alpha value is -2.21. The summed E-state index contributed by atoms with van der Waals surface area (Å²) < 4.78 is 60.6. The van der Waals surface area contributed by atoms with Crippen LogP contribution in [-0.4, -0.2) is 43.5 Å². The van der Waals surface area contributed by atoms with Gasteiger partial charge in [-0.25, -0.2) is 13.4 Å². The lowest BCUT2D eigenvalue weighted by Crippen LogP contribution is -2.33. The first-order chi connectivity index (χ1) is 12.9. The van der Waals surface area contributed by atoms with Crippen LogP contribution in [0.5, 0.6) is 0 Å². The van der Waals surface area contributed by atoms with Gasteiger partial charge in [-0.3, -0.25) is 4.79 Å². The van der Waals surface area contributed by atoms with Crippen LogP contribution in [0.2, 0.25) is 0 Å². The second-order valence-electron chi connectivity index (χ2n) is 5.96. The van der Waals surface area contributed by atoms with Gasteiger partial charge in [0.05, 0.1) is 17.0 Å². The van der Waals surface area contributed by atoms with Crippen molar-refractivity contribution in [2.75, 3.05) is 23.0 Å². The van der Waals surface area contributed by atoms with E-state index in [0.717, 1.165) is 11.3 Å². The van der Waals surface area contributed by atoms with E-state index >= 15 is 0 Å². The number of carbonyl (C=O) groups excluding carboxylic acids is 1. The van der Waals surface area contributed by atoms with Gasteiger partial charge in [-0.1, -0.05) is 11.3 Å². The zero-order chi connectivity index (χ0) is 21.1. The topological polar surface area (TPSA) is 94.3 Å². The number of pyridine rings is 1. The summed E-state index contributed by atoms with van der Waals surface area (Å²) in [5.74, 6) is -3.45. The summed E-state index contributed by atoms with van der Waals surface area (Å²) in [7, 11) is -4.43. The molecule has 28 heavy (non-hydrogen) atoms. The number of anilines is 1. The third-order valence-electron chi connectivity index (χ3n) is 3.67. The lowest BCUT2D eigenvalue weighted by atomic mass is 10.3. The minimum Gasteiger partial charge on any atom is -0.619 e. The third kappa shape index (κ3) is 5.89. The zero-order valence-corrected chi connectivity index (χ0v) is 16.7. The smallest absolute Gasteiger partial charge is 0.402 e. The fourth-order valence-corrected chi connectivity index (χ4v) is 4.74. The molecule has 2 aromatic rings. The standard InChI is InChI=1S/C16H18F3N3O4S2/c1-3-22(13(23)6-8-28(25,26)10-16(17,18)19)15-11(2)20-14(27-15)12-5-4-7-21(24)9-12/h4-5,7,9H,3,6,8,10H2,1-2H3. The monoisotopic (exact) mass is 437 g/mol. The molecule has 1 amide bonds. The molecule has 2 aromatic heterocycles. The minimum absolute atomic E-state index is 0.191. The molecule has 0 bridgehead atoms. The molecule has 154 valence electrons. The molecule has 0 aliphatic heterocycles. The molecule has 0 aliphatic carbocycles. The molecule has 0 aromatic carbocycles. The second kappa shape index (κ2) is 8.43. The highest BCUT2D eigenvalue weighted by atomic mass is 32.2. The summed E-state index contributed by atoms with van der Waals surface area (Å²) >= 11 is 1.14. The van der Waals surface area contributed by atoms with E-state index in [0.29, 0.717) is 26.0 Å². The number of thiazole rings is 1. The molecule has 2 rings (SSSR count). The van der Waals surface area contributed by atoms with Crippen molar-refractivity contribution in [1.82, 2.24) is 4.98 Å². The Labute approximate surface area is 163 Å². The largest absolute Gasteiger partial charge is 0.619 e. The number of hydrogen-bond donors (Lipinski definition) is 0. The van der Waals surface area contributed by atoms with Gasteiger partial charge in [-0.2, -0.15) is 17.9 Å². The van der Waals surface area contributed by atoms with Gasteiger partial charge in [0, 0.05) is 19.0 Å². The van der Waals surface area contributed by atoms with Crippen molar-refractivity contribution in [3.8, 4) is 10.6 Å². The second-order valence-corrected chi connectivity index (χ2v) is 9.12. The molecule has 0 aliphatic rings. The number of alkyl halides is 3. The lowest BCUT2D eigenvalue weighted by Gasteiger charge is -2.19. The number of rotatable bonds is 7. The van der Waals surface area contributed by atoms with Crippen molar-refractivity contribution in [3.63, 3.8) is 0 Å². The zero-order valence-electron chi connectivity index (χ0n) is 15.1. The van der Waals surface area contributed by atoms with Crippen molar-refractivity contribution < 1.29 is 31.1 Å². The molecule has 0 saturated carbocycles. The van der Waals surface area contributed by atoms with Gasteiger partial charge in [0.1, 0.15) is 15.8 Å². The number of amides is 1. The van der Waals surface area contributed by atoms with E-state index in [9.17, 15) is 31.6 Å². The molecular formula is C16H18F3N3O4S2. The normalized spacial score (nSPS) is 12.2. The van der Waals surface area contributed by atoms with Gasteiger partial charge in [0.15, 0.2) is 22.2 Å². The van der Waals surface area contributed by atoms with Crippen molar-refractivity contribution in [3.05, 3.63) is 35.4 Å². The van der Waals surface area contributed by atoms with E-state index < -0.39 is 39.8 Å². The minimum atomic E-state index is -4.84. The summed E-state index contributed by atoms with van der Waals surface area (Å²) in [4.78, 5) is 18.1. The quantitative estimate of drug-likeness (QED) is 0.490. The summed E-state index contributed by atoms with van der Waals surface area (Å²) in [5.41, 5.74) is 1.04. The average Bonchev–Trinajstić information content (AvgIpc) is 2.93. The predicted molar refractivity (Wildman–Crippen MR) is 98.6 cm³/mol. The highest BCUT2D eigenvalue weighted by molar-refractivity contribution is 7.91. The SMILES string of the molecule is CCN(C(=O)CCS(=O)(=O)CC(F)(F)F)c1sc(-c2ccc[n+]([O-])c2)nc1C. The molecule has 12 heteroatoms. The molecule has 0 spiro atoms. The Morgan fingerprint density at radius 1 is 1.39 bits per heavy atom. The highest BCUT2D eigenvalue weighted by Gasteiger charge is 2.35. The first kappa shape index (κ1) is 22.1. The summed E-state index contributed by atoms with van der Waals surface area (Å²) in [6, 6.07) is 3.23. The first-order valence-electron chi connectivity index (χ1n) is 8.16. The molecule has 0 unspecified atom stereocenters. The van der Waals surface area contributed by atoms with Crippen LogP contribution < -0.4 is 9.63 Å². The van der Waals surface area contributed by atoms with Gasteiger partial charge in [-0.15, -0.1) is 0 Å². The van der Waals surface area contributed by atoms with Crippen LogP contribution in [0, 0.1) is 12.1 Å². The Balaban J connectivity index is 2.18. The fourth-order valence-electron chi connectivity index (χ4n) is 2.48. The van der Waals surface area contributed by atoms with E-state index in [2.05, 4.69) is 4.98 Å². The van der Waals surface area contributed by atoms with Crippen LogP contribution in [0.1, 0.15) is 19.0 Å². The number of nitrogens with zero attached hydrogens (tertiary/aromatic N) is 3. The third-order valence-corrected chi connectivity index (χ3v) is 6.49. The number of halogens is 3. The molecular weight excluding hydrogens is 419 g/mol. The van der Waals surface area contributed by atoms with Gasteiger partial charge in [0.2, 0.25) is 5.91 Å². The van der Waals surface area contributed by atoms with E-state index in [4.69, 9.17) is 0 Å². The maximum absolute atomic E-state index is 12.4. The number of hydrogen-bond acceptors (Lipinski definition) is 6. The Morgan fingerprint density at radius 3 is 2.64 bits per heavy atom. The molecule has 0 saturated heterocycles. The van der Waals surface area contributed by atoms with Gasteiger partial charge < -0.3 is 10.1 Å². The predicted octanol–water partition coefficient (Wildman–Crippen LogP) is 2.47. The van der Waals surface area contributed by atoms with Crippen LogP contribution in [-0.2, 0) is 14.6 Å². The van der Waals surface area contributed by atoms with Crippen molar-refractivity contribution >= 4 is 32.1 Å². The lowest BCUT2D eigenvalue weighted by molar-refractivity contribution is -0.604. The number of aryl methyl sites for hydroxylation is 1. The molecule has 0 N–H and O–H groups in total. The van der Waals surface area contributed by atoms with Crippen molar-refractivity contribution in [1.29, 1.82) is 0 Å². The molecule has 0 fully saturated rings. The Bertz CT molecular complexity index is 958. The van der Waals surface area contributed by atoms with E-state index in [1.807, 2.05) is 0 Å². The van der Waals surface area contributed by atoms with Crippen molar-refractivity contribution in [2.24, 2.45) is 0 Å². The van der Waals surface area contributed by atoms with Crippen LogP contribution in [0.25, 0.3) is 10.6 Å².